The van der Waals surface area contributed by atoms with Gasteiger partial charge < -0.3 is 5.32 Å². The van der Waals surface area contributed by atoms with E-state index < -0.39 is 5.25 Å². The monoisotopic (exact) mass is 272 g/mol. The van der Waals surface area contributed by atoms with Gasteiger partial charge in [0.25, 0.3) is 0 Å². The molecule has 1 aliphatic rings. The van der Waals surface area contributed by atoms with Crippen LogP contribution in [0.4, 0.5) is 0 Å². The number of carbonyl (C=O) groups is 3. The van der Waals surface area contributed by atoms with Crippen molar-refractivity contribution in [2.45, 2.75) is 38.4 Å². The zero-order valence-corrected chi connectivity index (χ0v) is 11.7. The summed E-state index contributed by atoms with van der Waals surface area (Å²) in [4.78, 5) is 35.6. The maximum absolute atomic E-state index is 11.5. The lowest BCUT2D eigenvalue weighted by Crippen LogP contribution is -2.35. The predicted molar refractivity (Wildman–Crippen MR) is 71.2 cm³/mol. The fourth-order valence-corrected chi connectivity index (χ4v) is 2.00. The van der Waals surface area contributed by atoms with Crippen LogP contribution in [0.25, 0.3) is 0 Å². The van der Waals surface area contributed by atoms with Crippen LogP contribution >= 0.6 is 12.6 Å². The molecule has 0 aromatic heterocycles. The fourth-order valence-electron chi connectivity index (χ4n) is 1.70. The molecular weight excluding hydrogens is 252 g/mol. The minimum atomic E-state index is -0.540. The summed E-state index contributed by atoms with van der Waals surface area (Å²) in [7, 11) is 0. The number of hydrogen-bond acceptors (Lipinski definition) is 4. The van der Waals surface area contributed by atoms with Gasteiger partial charge in [-0.1, -0.05) is 13.8 Å². The first-order valence-corrected chi connectivity index (χ1v) is 6.72. The van der Waals surface area contributed by atoms with Gasteiger partial charge in [-0.3, -0.25) is 19.3 Å². The molecule has 6 heteroatoms. The molecule has 0 spiro atoms. The zero-order chi connectivity index (χ0) is 13.7. The van der Waals surface area contributed by atoms with Crippen LogP contribution < -0.4 is 5.32 Å². The van der Waals surface area contributed by atoms with Crippen molar-refractivity contribution in [3.05, 3.63) is 0 Å². The molecule has 1 aliphatic heterocycles. The van der Waals surface area contributed by atoms with Crippen LogP contribution in [-0.2, 0) is 14.4 Å². The van der Waals surface area contributed by atoms with E-state index in [1.807, 2.05) is 0 Å². The van der Waals surface area contributed by atoms with Crippen LogP contribution in [0.5, 0.6) is 0 Å². The van der Waals surface area contributed by atoms with Gasteiger partial charge in [0, 0.05) is 25.9 Å². The predicted octanol–water partition coefficient (Wildman–Crippen LogP) is 0.596. The first-order chi connectivity index (χ1) is 8.41. The molecule has 18 heavy (non-hydrogen) atoms. The second kappa shape index (κ2) is 6.78. The topological polar surface area (TPSA) is 66.5 Å². The van der Waals surface area contributed by atoms with Gasteiger partial charge in [0.1, 0.15) is 0 Å². The van der Waals surface area contributed by atoms with Crippen molar-refractivity contribution < 1.29 is 14.4 Å². The Balaban J connectivity index is 2.26. The van der Waals surface area contributed by atoms with Gasteiger partial charge in [-0.25, -0.2) is 0 Å². The molecule has 1 saturated heterocycles. The Hall–Kier alpha value is -1.04. The molecule has 5 nitrogen and oxygen atoms in total. The van der Waals surface area contributed by atoms with E-state index in [4.69, 9.17) is 0 Å². The Kier molecular flexibility index (Phi) is 5.65. The lowest BCUT2D eigenvalue weighted by Gasteiger charge is -2.14. The number of rotatable bonds is 6. The maximum atomic E-state index is 11.5. The Labute approximate surface area is 113 Å². The average molecular weight is 272 g/mol. The Bertz CT molecular complexity index is 344. The number of nitrogens with one attached hydrogen (secondary N) is 1. The molecule has 1 fully saturated rings. The number of likely N-dealkylation sites (tertiary alicyclic amines) is 1. The second-order valence-electron chi connectivity index (χ2n) is 4.89. The summed E-state index contributed by atoms with van der Waals surface area (Å²) in [6.45, 7) is 4.96. The highest BCUT2D eigenvalue weighted by Crippen LogP contribution is 2.17. The van der Waals surface area contributed by atoms with Crippen molar-refractivity contribution in [2.24, 2.45) is 5.92 Å². The van der Waals surface area contributed by atoms with Crippen molar-refractivity contribution in [1.29, 1.82) is 0 Å². The van der Waals surface area contributed by atoms with E-state index in [0.29, 0.717) is 12.5 Å². The Morgan fingerprint density at radius 2 is 2.17 bits per heavy atom. The van der Waals surface area contributed by atoms with Crippen molar-refractivity contribution >= 4 is 30.4 Å². The van der Waals surface area contributed by atoms with Crippen LogP contribution in [0.1, 0.15) is 33.1 Å². The molecule has 1 unspecified atom stereocenters. The smallest absolute Gasteiger partial charge is 0.242 e. The highest BCUT2D eigenvalue weighted by Gasteiger charge is 2.36. The summed E-state index contributed by atoms with van der Waals surface area (Å²) in [5.74, 6) is -0.121. The summed E-state index contributed by atoms with van der Waals surface area (Å²) in [5, 5.41) is 2.23. The van der Waals surface area contributed by atoms with Gasteiger partial charge in [-0.2, -0.15) is 12.6 Å². The number of imide groups is 1. The Morgan fingerprint density at radius 3 is 2.67 bits per heavy atom. The first kappa shape index (κ1) is 15.0. The molecule has 0 bridgehead atoms. The number of amides is 3. The largest absolute Gasteiger partial charge is 0.356 e. The lowest BCUT2D eigenvalue weighted by molar-refractivity contribution is -0.138. The van der Waals surface area contributed by atoms with Crippen LogP contribution in [0.2, 0.25) is 0 Å². The summed E-state index contributed by atoms with van der Waals surface area (Å²) < 4.78 is 0. The molecule has 1 atom stereocenters. The van der Waals surface area contributed by atoms with Crippen molar-refractivity contribution in [3.8, 4) is 0 Å². The standard InChI is InChI=1S/C12H20N2O3S/c1-8(2)3-5-13-10(15)4-6-14-11(16)7-9(18)12(14)17/h8-9,18H,3-7H2,1-2H3,(H,13,15). The minimum absolute atomic E-state index is 0.126. The molecule has 102 valence electrons. The number of hydrogen-bond donors (Lipinski definition) is 2. The van der Waals surface area contributed by atoms with Crippen LogP contribution in [-0.4, -0.2) is 41.0 Å². The molecule has 0 saturated carbocycles. The zero-order valence-electron chi connectivity index (χ0n) is 10.8. The van der Waals surface area contributed by atoms with E-state index in [9.17, 15) is 14.4 Å². The highest BCUT2D eigenvalue weighted by molar-refractivity contribution is 7.81. The maximum Gasteiger partial charge on any atom is 0.242 e. The normalized spacial score (nSPS) is 19.8. The van der Waals surface area contributed by atoms with E-state index in [0.717, 1.165) is 11.3 Å². The molecular formula is C12H20N2O3S. The molecule has 1 rings (SSSR count). The van der Waals surface area contributed by atoms with E-state index in [1.165, 1.54) is 0 Å². The molecule has 0 aliphatic carbocycles. The van der Waals surface area contributed by atoms with E-state index in [-0.39, 0.29) is 37.1 Å². The third-order valence-electron chi connectivity index (χ3n) is 2.83. The van der Waals surface area contributed by atoms with Gasteiger partial charge in [-0.05, 0) is 12.3 Å². The van der Waals surface area contributed by atoms with Crippen LogP contribution in [0.3, 0.4) is 0 Å². The summed E-state index contributed by atoms with van der Waals surface area (Å²) in [5.41, 5.74) is 0. The summed E-state index contributed by atoms with van der Waals surface area (Å²) in [6.07, 6.45) is 1.22. The molecule has 0 aromatic carbocycles. The lowest BCUT2D eigenvalue weighted by atomic mass is 10.1. The number of carbonyl (C=O) groups excluding carboxylic acids is 3. The van der Waals surface area contributed by atoms with E-state index in [2.05, 4.69) is 31.8 Å². The SMILES string of the molecule is CC(C)CCNC(=O)CCN1C(=O)CC(S)C1=O. The van der Waals surface area contributed by atoms with E-state index >= 15 is 0 Å². The van der Waals surface area contributed by atoms with Gasteiger partial charge in [0.2, 0.25) is 17.7 Å². The van der Waals surface area contributed by atoms with Crippen LogP contribution in [0, 0.1) is 5.92 Å². The van der Waals surface area contributed by atoms with Crippen molar-refractivity contribution in [1.82, 2.24) is 10.2 Å². The van der Waals surface area contributed by atoms with Gasteiger partial charge >= 0.3 is 0 Å². The molecule has 3 amide bonds. The highest BCUT2D eigenvalue weighted by atomic mass is 32.1. The molecule has 0 radical (unpaired) electrons. The molecule has 1 N–H and O–H groups in total. The first-order valence-electron chi connectivity index (χ1n) is 6.20. The Morgan fingerprint density at radius 1 is 1.50 bits per heavy atom. The third kappa shape index (κ3) is 4.33. The summed E-state index contributed by atoms with van der Waals surface area (Å²) in [6, 6.07) is 0. The summed E-state index contributed by atoms with van der Waals surface area (Å²) >= 11 is 4.02. The van der Waals surface area contributed by atoms with Gasteiger partial charge in [-0.15, -0.1) is 0 Å². The van der Waals surface area contributed by atoms with E-state index in [1.54, 1.807) is 0 Å². The minimum Gasteiger partial charge on any atom is -0.356 e. The number of thiol groups is 1. The average Bonchev–Trinajstić information content (AvgIpc) is 2.50. The molecule has 0 aromatic rings. The van der Waals surface area contributed by atoms with Crippen molar-refractivity contribution in [2.75, 3.05) is 13.1 Å². The third-order valence-corrected chi connectivity index (χ3v) is 3.23. The van der Waals surface area contributed by atoms with Gasteiger partial charge in [0.15, 0.2) is 0 Å². The molecule has 1 heterocycles. The van der Waals surface area contributed by atoms with Gasteiger partial charge in [0.05, 0.1) is 5.25 Å². The van der Waals surface area contributed by atoms with Crippen molar-refractivity contribution in [3.63, 3.8) is 0 Å². The number of nitrogens with zero attached hydrogens (tertiary/aromatic N) is 1. The fraction of sp³-hybridized carbons (Fsp3) is 0.750. The quantitative estimate of drug-likeness (QED) is 0.549. The van der Waals surface area contributed by atoms with Crippen LogP contribution in [0.15, 0.2) is 0 Å². The second-order valence-corrected chi connectivity index (χ2v) is 5.51.